The van der Waals surface area contributed by atoms with Crippen molar-refractivity contribution in [2.24, 2.45) is 0 Å². The molecule has 3 nitrogen and oxygen atoms in total. The Morgan fingerprint density at radius 2 is 0.771 bits per heavy atom. The summed E-state index contributed by atoms with van der Waals surface area (Å²) in [5.41, 5.74) is 7.79. The highest BCUT2D eigenvalue weighted by Crippen LogP contribution is 2.46. The first-order valence-corrected chi connectivity index (χ1v) is 19.2. The lowest BCUT2D eigenvalue weighted by Gasteiger charge is -2.29. The molecular formula is C43H51N3S2. The molecule has 250 valence electrons. The van der Waals surface area contributed by atoms with Crippen molar-refractivity contribution in [2.45, 2.75) is 67.0 Å². The number of benzene rings is 5. The van der Waals surface area contributed by atoms with E-state index in [9.17, 15) is 0 Å². The maximum atomic E-state index is 2.45. The molecule has 5 heteroatoms. The van der Waals surface area contributed by atoms with Crippen molar-refractivity contribution in [3.8, 4) is 0 Å². The zero-order chi connectivity index (χ0) is 33.9. The van der Waals surface area contributed by atoms with E-state index in [4.69, 9.17) is 0 Å². The van der Waals surface area contributed by atoms with Gasteiger partial charge in [0.25, 0.3) is 0 Å². The lowest BCUT2D eigenvalue weighted by molar-refractivity contribution is 0.850. The molecule has 0 aliphatic heterocycles. The molecule has 0 radical (unpaired) electrons. The Kier molecular flexibility index (Phi) is 13.0. The SMILES string of the molecule is CCN(CC)c1ccc(C(c2ccc(N(CC)CC)cc2Sc2ccccc2)c2ccc(N(CC)CC)cc2Sc2ccccc2)cc1. The predicted molar refractivity (Wildman–Crippen MR) is 212 cm³/mol. The molecule has 0 fully saturated rings. The molecule has 0 aliphatic rings. The van der Waals surface area contributed by atoms with Gasteiger partial charge in [0.15, 0.2) is 0 Å². The Balaban J connectivity index is 1.75. The highest BCUT2D eigenvalue weighted by Gasteiger charge is 2.25. The van der Waals surface area contributed by atoms with E-state index in [0.717, 1.165) is 39.3 Å². The normalized spacial score (nSPS) is 11.1. The van der Waals surface area contributed by atoms with E-state index in [0.29, 0.717) is 0 Å². The summed E-state index contributed by atoms with van der Waals surface area (Å²) in [6, 6.07) is 45.3. The average molecular weight is 674 g/mol. The predicted octanol–water partition coefficient (Wildman–Crippen LogP) is 11.7. The smallest absolute Gasteiger partial charge is 0.0377 e. The number of hydrogen-bond acceptors (Lipinski definition) is 5. The molecule has 0 unspecified atom stereocenters. The van der Waals surface area contributed by atoms with Crippen LogP contribution in [0.15, 0.2) is 141 Å². The standard InChI is InChI=1S/C43H51N3S2/c1-7-44(8-2)34-25-23-33(24-26-34)43(39-29-27-35(45(9-3)10-4)31-41(39)47-37-19-15-13-16-20-37)40-30-28-36(46(11-5)12-6)32-42(40)48-38-21-17-14-18-22-38/h13-32,43H,7-12H2,1-6H3. The molecule has 0 heterocycles. The van der Waals surface area contributed by atoms with Crippen molar-refractivity contribution in [3.63, 3.8) is 0 Å². The molecular weight excluding hydrogens is 623 g/mol. The minimum absolute atomic E-state index is 0.0460. The van der Waals surface area contributed by atoms with Gasteiger partial charge in [-0.2, -0.15) is 0 Å². The van der Waals surface area contributed by atoms with Crippen LogP contribution in [0.2, 0.25) is 0 Å². The third-order valence-electron chi connectivity index (χ3n) is 9.17. The summed E-state index contributed by atoms with van der Waals surface area (Å²) in [6.45, 7) is 19.3. The lowest BCUT2D eigenvalue weighted by Crippen LogP contribution is -2.22. The molecule has 0 saturated carbocycles. The van der Waals surface area contributed by atoms with Gasteiger partial charge >= 0.3 is 0 Å². The highest BCUT2D eigenvalue weighted by atomic mass is 32.2. The summed E-state index contributed by atoms with van der Waals surface area (Å²) < 4.78 is 0. The quantitative estimate of drug-likeness (QED) is 0.0962. The molecule has 0 aliphatic carbocycles. The van der Waals surface area contributed by atoms with Crippen LogP contribution in [0.5, 0.6) is 0 Å². The van der Waals surface area contributed by atoms with Crippen LogP contribution in [0, 0.1) is 0 Å². The molecule has 0 amide bonds. The zero-order valence-electron chi connectivity index (χ0n) is 29.5. The Morgan fingerprint density at radius 3 is 1.15 bits per heavy atom. The van der Waals surface area contributed by atoms with Gasteiger partial charge in [-0.1, -0.05) is 84.2 Å². The van der Waals surface area contributed by atoms with Crippen LogP contribution in [0.4, 0.5) is 17.1 Å². The van der Waals surface area contributed by atoms with E-state index in [2.05, 4.69) is 178 Å². The topological polar surface area (TPSA) is 9.72 Å². The van der Waals surface area contributed by atoms with Crippen LogP contribution in [-0.4, -0.2) is 39.3 Å². The fourth-order valence-corrected chi connectivity index (χ4v) is 8.56. The van der Waals surface area contributed by atoms with Crippen LogP contribution in [0.3, 0.4) is 0 Å². The molecule has 0 bridgehead atoms. The fourth-order valence-electron chi connectivity index (χ4n) is 6.49. The van der Waals surface area contributed by atoms with Gasteiger partial charge in [-0.3, -0.25) is 0 Å². The summed E-state index contributed by atoms with van der Waals surface area (Å²) in [5, 5.41) is 0. The second-order valence-corrected chi connectivity index (χ2v) is 14.0. The molecule has 5 aromatic carbocycles. The van der Waals surface area contributed by atoms with E-state index in [1.165, 1.54) is 53.3 Å². The number of nitrogens with zero attached hydrogens (tertiary/aromatic N) is 3. The fraction of sp³-hybridized carbons (Fsp3) is 0.302. The molecule has 0 N–H and O–H groups in total. The van der Waals surface area contributed by atoms with Gasteiger partial charge < -0.3 is 14.7 Å². The first-order valence-electron chi connectivity index (χ1n) is 17.6. The van der Waals surface area contributed by atoms with E-state index in [-0.39, 0.29) is 5.92 Å². The first-order chi connectivity index (χ1) is 23.5. The summed E-state index contributed by atoms with van der Waals surface area (Å²) in [7, 11) is 0. The largest absolute Gasteiger partial charge is 0.372 e. The van der Waals surface area contributed by atoms with Crippen molar-refractivity contribution in [2.75, 3.05) is 54.0 Å². The van der Waals surface area contributed by atoms with Crippen molar-refractivity contribution >= 4 is 40.6 Å². The van der Waals surface area contributed by atoms with Crippen molar-refractivity contribution < 1.29 is 0 Å². The van der Waals surface area contributed by atoms with Gasteiger partial charge in [-0.05, 0) is 119 Å². The Morgan fingerprint density at radius 1 is 0.417 bits per heavy atom. The average Bonchev–Trinajstić information content (AvgIpc) is 3.13. The maximum Gasteiger partial charge on any atom is 0.0377 e. The van der Waals surface area contributed by atoms with Crippen LogP contribution in [0.1, 0.15) is 64.2 Å². The molecule has 0 atom stereocenters. The van der Waals surface area contributed by atoms with E-state index in [1.807, 2.05) is 23.5 Å². The third kappa shape index (κ3) is 8.43. The van der Waals surface area contributed by atoms with Crippen molar-refractivity contribution in [1.29, 1.82) is 0 Å². The summed E-state index contributed by atoms with van der Waals surface area (Å²) in [4.78, 5) is 12.4. The van der Waals surface area contributed by atoms with Gasteiger partial charge in [0.2, 0.25) is 0 Å². The van der Waals surface area contributed by atoms with Crippen molar-refractivity contribution in [1.82, 2.24) is 0 Å². The summed E-state index contributed by atoms with van der Waals surface area (Å²) in [5.74, 6) is 0.0460. The van der Waals surface area contributed by atoms with Crippen LogP contribution in [-0.2, 0) is 0 Å². The van der Waals surface area contributed by atoms with Crippen LogP contribution < -0.4 is 14.7 Å². The number of anilines is 3. The van der Waals surface area contributed by atoms with Gasteiger partial charge in [-0.25, -0.2) is 0 Å². The van der Waals surface area contributed by atoms with Gasteiger partial charge in [-0.15, -0.1) is 0 Å². The van der Waals surface area contributed by atoms with E-state index >= 15 is 0 Å². The van der Waals surface area contributed by atoms with E-state index in [1.54, 1.807) is 0 Å². The molecule has 0 aromatic heterocycles. The van der Waals surface area contributed by atoms with Gasteiger partial charge in [0.1, 0.15) is 0 Å². The Hall–Kier alpha value is -3.80. The monoisotopic (exact) mass is 673 g/mol. The van der Waals surface area contributed by atoms with Crippen LogP contribution >= 0.6 is 23.5 Å². The number of rotatable bonds is 16. The first kappa shape index (κ1) is 35.5. The number of hydrogen-bond donors (Lipinski definition) is 0. The zero-order valence-corrected chi connectivity index (χ0v) is 31.2. The van der Waals surface area contributed by atoms with Gasteiger partial charge in [0.05, 0.1) is 0 Å². The van der Waals surface area contributed by atoms with Crippen LogP contribution in [0.25, 0.3) is 0 Å². The third-order valence-corrected chi connectivity index (χ3v) is 11.3. The highest BCUT2D eigenvalue weighted by molar-refractivity contribution is 7.99. The molecule has 48 heavy (non-hydrogen) atoms. The summed E-state index contributed by atoms with van der Waals surface area (Å²) >= 11 is 3.75. The Bertz CT molecular complexity index is 1590. The second-order valence-electron chi connectivity index (χ2n) is 11.8. The second kappa shape index (κ2) is 17.6. The van der Waals surface area contributed by atoms with E-state index < -0.39 is 0 Å². The van der Waals surface area contributed by atoms with Crippen molar-refractivity contribution in [3.05, 3.63) is 138 Å². The molecule has 0 saturated heterocycles. The maximum absolute atomic E-state index is 2.45. The van der Waals surface area contributed by atoms with Gasteiger partial charge in [0, 0.05) is 81.8 Å². The molecule has 5 rings (SSSR count). The minimum atomic E-state index is 0.0460. The Labute approximate surface area is 298 Å². The summed E-state index contributed by atoms with van der Waals surface area (Å²) in [6.07, 6.45) is 0. The lowest BCUT2D eigenvalue weighted by atomic mass is 9.84. The minimum Gasteiger partial charge on any atom is -0.372 e. The molecule has 0 spiro atoms. The molecule has 5 aromatic rings.